The Morgan fingerprint density at radius 2 is 1.90 bits per heavy atom. The Labute approximate surface area is 123 Å². The second-order valence-corrected chi connectivity index (χ2v) is 4.51. The van der Waals surface area contributed by atoms with Gasteiger partial charge in [-0.15, -0.1) is 0 Å². The summed E-state index contributed by atoms with van der Waals surface area (Å²) in [4.78, 5) is 22.8. The van der Waals surface area contributed by atoms with Gasteiger partial charge in [-0.25, -0.2) is 4.79 Å². The van der Waals surface area contributed by atoms with Gasteiger partial charge in [-0.1, -0.05) is 13.8 Å². The summed E-state index contributed by atoms with van der Waals surface area (Å²) < 4.78 is 9.86. The van der Waals surface area contributed by atoms with Crippen molar-refractivity contribution in [2.75, 3.05) is 20.8 Å². The van der Waals surface area contributed by atoms with Gasteiger partial charge in [-0.3, -0.25) is 4.79 Å². The van der Waals surface area contributed by atoms with E-state index in [9.17, 15) is 9.59 Å². The first-order chi connectivity index (χ1) is 9.87. The first-order valence-electron chi connectivity index (χ1n) is 6.30. The van der Waals surface area contributed by atoms with Gasteiger partial charge in [-0.05, 0) is 5.92 Å². The zero-order valence-corrected chi connectivity index (χ0v) is 12.5. The second-order valence-electron chi connectivity index (χ2n) is 4.51. The normalized spacial score (nSPS) is 12.9. The number of nitriles is 1. The summed E-state index contributed by atoms with van der Waals surface area (Å²) in [5, 5.41) is 22.9. The van der Waals surface area contributed by atoms with Crippen LogP contribution in [0.15, 0.2) is 11.8 Å². The van der Waals surface area contributed by atoms with Crippen LogP contribution in [0.2, 0.25) is 0 Å². The van der Waals surface area contributed by atoms with Crippen LogP contribution in [0.4, 0.5) is 0 Å². The smallest absolute Gasteiger partial charge is 0.326 e. The molecule has 0 spiro atoms. The fourth-order valence-electron chi connectivity index (χ4n) is 1.40. The van der Waals surface area contributed by atoms with E-state index in [2.05, 4.69) is 10.6 Å². The Hall–Kier alpha value is -2.11. The summed E-state index contributed by atoms with van der Waals surface area (Å²) in [5.74, 6) is -2.20. The number of nitrogens with one attached hydrogen (secondary N) is 2. The highest BCUT2D eigenvalue weighted by molar-refractivity contribution is 5.99. The lowest BCUT2D eigenvalue weighted by Crippen LogP contribution is -2.45. The molecule has 0 bridgehead atoms. The average molecular weight is 299 g/mol. The van der Waals surface area contributed by atoms with Gasteiger partial charge in [-0.2, -0.15) is 5.26 Å². The average Bonchev–Trinajstić information content (AvgIpc) is 2.44. The van der Waals surface area contributed by atoms with Crippen molar-refractivity contribution < 1.29 is 24.2 Å². The Bertz CT molecular complexity index is 424. The topological polar surface area (TPSA) is 121 Å². The summed E-state index contributed by atoms with van der Waals surface area (Å²) >= 11 is 0. The van der Waals surface area contributed by atoms with Gasteiger partial charge >= 0.3 is 5.97 Å². The number of methoxy groups -OCH3 is 2. The zero-order valence-electron chi connectivity index (χ0n) is 12.5. The minimum atomic E-state index is -1.15. The Kier molecular flexibility index (Phi) is 8.76. The maximum Gasteiger partial charge on any atom is 0.326 e. The Balaban J connectivity index is 4.69. The molecule has 0 aliphatic rings. The van der Waals surface area contributed by atoms with Gasteiger partial charge in [0, 0.05) is 20.4 Å². The number of ether oxygens (including phenoxy) is 2. The van der Waals surface area contributed by atoms with Crippen LogP contribution >= 0.6 is 0 Å². The van der Waals surface area contributed by atoms with E-state index < -0.39 is 24.2 Å². The van der Waals surface area contributed by atoms with Crippen molar-refractivity contribution in [2.24, 2.45) is 5.92 Å². The number of carbonyl (C=O) groups excluding carboxylic acids is 1. The molecule has 0 aliphatic carbocycles. The van der Waals surface area contributed by atoms with Gasteiger partial charge in [0.2, 0.25) is 0 Å². The van der Waals surface area contributed by atoms with Crippen LogP contribution in [0, 0.1) is 17.2 Å². The molecule has 0 aromatic rings. The number of aliphatic carboxylic acids is 1. The van der Waals surface area contributed by atoms with Crippen LogP contribution in [0.5, 0.6) is 0 Å². The number of rotatable bonds is 9. The summed E-state index contributed by atoms with van der Waals surface area (Å²) in [6, 6.07) is 0.651. The fraction of sp³-hybridized carbons (Fsp3) is 0.615. The molecule has 0 fully saturated rings. The molecule has 8 nitrogen and oxygen atoms in total. The number of carboxylic acid groups (broad SMARTS) is 1. The third-order valence-corrected chi connectivity index (χ3v) is 2.64. The molecule has 118 valence electrons. The van der Waals surface area contributed by atoms with E-state index in [1.54, 1.807) is 19.9 Å². The highest BCUT2D eigenvalue weighted by Gasteiger charge is 2.24. The van der Waals surface area contributed by atoms with E-state index in [1.165, 1.54) is 20.4 Å². The number of amides is 1. The zero-order chi connectivity index (χ0) is 16.4. The molecule has 0 saturated heterocycles. The lowest BCUT2D eigenvalue weighted by Gasteiger charge is -2.17. The number of nitrogens with zero attached hydrogens (tertiary/aromatic N) is 1. The van der Waals surface area contributed by atoms with E-state index >= 15 is 0 Å². The van der Waals surface area contributed by atoms with E-state index in [1.807, 2.05) is 0 Å². The van der Waals surface area contributed by atoms with E-state index in [0.717, 1.165) is 0 Å². The fourth-order valence-corrected chi connectivity index (χ4v) is 1.40. The van der Waals surface area contributed by atoms with Gasteiger partial charge in [0.25, 0.3) is 5.91 Å². The monoisotopic (exact) mass is 299 g/mol. The van der Waals surface area contributed by atoms with Crippen molar-refractivity contribution in [1.82, 2.24) is 10.6 Å². The van der Waals surface area contributed by atoms with Crippen molar-refractivity contribution in [1.29, 1.82) is 5.26 Å². The largest absolute Gasteiger partial charge is 0.480 e. The number of hydrogen-bond acceptors (Lipinski definition) is 6. The van der Waals surface area contributed by atoms with Crippen molar-refractivity contribution in [3.63, 3.8) is 0 Å². The molecule has 8 heteroatoms. The van der Waals surface area contributed by atoms with Gasteiger partial charge < -0.3 is 25.2 Å². The molecule has 1 amide bonds. The third-order valence-electron chi connectivity index (χ3n) is 2.64. The summed E-state index contributed by atoms with van der Waals surface area (Å²) in [6.07, 6.45) is 0.672. The summed E-state index contributed by atoms with van der Waals surface area (Å²) in [5.41, 5.74) is -0.229. The Morgan fingerprint density at radius 1 is 1.33 bits per heavy atom. The number of carbonyl (C=O) groups is 2. The molecule has 1 atom stereocenters. The maximum absolute atomic E-state index is 11.8. The first kappa shape index (κ1) is 18.9. The molecule has 0 aromatic carbocycles. The summed E-state index contributed by atoms with van der Waals surface area (Å²) in [6.45, 7) is 3.56. The van der Waals surface area contributed by atoms with Gasteiger partial charge in [0.1, 0.15) is 17.7 Å². The molecule has 0 aromatic heterocycles. The summed E-state index contributed by atoms with van der Waals surface area (Å²) in [7, 11) is 2.91. The molecule has 0 rings (SSSR count). The lowest BCUT2D eigenvalue weighted by molar-refractivity contribution is -0.142. The van der Waals surface area contributed by atoms with Crippen LogP contribution < -0.4 is 10.6 Å². The third kappa shape index (κ3) is 6.74. The molecule has 1 unspecified atom stereocenters. The van der Waals surface area contributed by atoms with Crippen molar-refractivity contribution >= 4 is 11.9 Å². The van der Waals surface area contributed by atoms with E-state index in [-0.39, 0.29) is 18.0 Å². The van der Waals surface area contributed by atoms with Crippen LogP contribution in [0.25, 0.3) is 0 Å². The highest BCUT2D eigenvalue weighted by atomic mass is 16.7. The minimum absolute atomic E-state index is 0.229. The van der Waals surface area contributed by atoms with Crippen molar-refractivity contribution in [3.8, 4) is 6.07 Å². The molecule has 0 heterocycles. The quantitative estimate of drug-likeness (QED) is 0.307. The molecule has 21 heavy (non-hydrogen) atoms. The maximum atomic E-state index is 11.8. The predicted octanol–water partition coefficient (Wildman–Crippen LogP) is -0.172. The predicted molar refractivity (Wildman–Crippen MR) is 73.9 cm³/mol. The van der Waals surface area contributed by atoms with E-state index in [0.29, 0.717) is 0 Å². The van der Waals surface area contributed by atoms with Gasteiger partial charge in [0.15, 0.2) is 6.29 Å². The van der Waals surface area contributed by atoms with Crippen LogP contribution in [0.3, 0.4) is 0 Å². The van der Waals surface area contributed by atoms with Crippen LogP contribution in [-0.2, 0) is 19.1 Å². The molecular formula is C13H21N3O5. The molecule has 0 aliphatic heterocycles. The van der Waals surface area contributed by atoms with Crippen LogP contribution in [0.1, 0.15) is 13.8 Å². The molecule has 0 saturated carbocycles. The second kappa shape index (κ2) is 9.74. The number of hydrogen-bond donors (Lipinski definition) is 3. The van der Waals surface area contributed by atoms with Crippen LogP contribution in [-0.4, -0.2) is 50.1 Å². The van der Waals surface area contributed by atoms with E-state index in [4.69, 9.17) is 19.8 Å². The van der Waals surface area contributed by atoms with Gasteiger partial charge in [0.05, 0.1) is 6.54 Å². The highest BCUT2D eigenvalue weighted by Crippen LogP contribution is 2.03. The Morgan fingerprint density at radius 3 is 2.29 bits per heavy atom. The minimum Gasteiger partial charge on any atom is -0.480 e. The number of carboxylic acids is 1. The lowest BCUT2D eigenvalue weighted by atomic mass is 10.0. The molecule has 0 radical (unpaired) electrons. The first-order valence-corrected chi connectivity index (χ1v) is 6.30. The van der Waals surface area contributed by atoms with Crippen molar-refractivity contribution in [3.05, 3.63) is 11.8 Å². The molecule has 3 N–H and O–H groups in total. The molecular weight excluding hydrogens is 278 g/mol. The van der Waals surface area contributed by atoms with Crippen molar-refractivity contribution in [2.45, 2.75) is 26.2 Å². The standard InChI is InChI=1S/C13H21N3O5/c1-8(2)11(13(18)19)16-12(17)9(5-14)6-15-7-10(20-3)21-4/h6,8,10-11,15H,7H2,1-4H3,(H,16,17)(H,18,19)/b9-6-. The SMILES string of the molecule is COC(CN/C=C(/C#N)C(=O)NC(C(=O)O)C(C)C)OC.